The zero-order valence-corrected chi connectivity index (χ0v) is 13.9. The highest BCUT2D eigenvalue weighted by atomic mass is 79.9. The van der Waals surface area contributed by atoms with Crippen LogP contribution >= 0.6 is 27.7 Å². The SMILES string of the molecule is CSC1(CNCc2ccc(Br)c([N+](=O)[O-])c2)CCCC1. The second-order valence-corrected chi connectivity index (χ2v) is 7.37. The third kappa shape index (κ3) is 3.74. The minimum atomic E-state index is -0.353. The fraction of sp³-hybridized carbons (Fsp3) is 0.571. The van der Waals surface area contributed by atoms with Gasteiger partial charge in [-0.2, -0.15) is 11.8 Å². The number of hydrogen-bond acceptors (Lipinski definition) is 4. The first-order valence-electron chi connectivity index (χ1n) is 6.75. The number of benzene rings is 1. The van der Waals surface area contributed by atoms with E-state index in [0.717, 1.165) is 12.1 Å². The molecule has 1 N–H and O–H groups in total. The van der Waals surface area contributed by atoms with Crippen LogP contribution in [0.2, 0.25) is 0 Å². The molecule has 1 aliphatic rings. The fourth-order valence-corrected chi connectivity index (χ4v) is 4.05. The molecule has 1 aliphatic carbocycles. The van der Waals surface area contributed by atoms with Crippen molar-refractivity contribution in [1.29, 1.82) is 0 Å². The molecule has 0 amide bonds. The van der Waals surface area contributed by atoms with Crippen molar-refractivity contribution >= 4 is 33.4 Å². The Morgan fingerprint density at radius 2 is 2.15 bits per heavy atom. The lowest BCUT2D eigenvalue weighted by Gasteiger charge is -2.27. The number of nitrogens with zero attached hydrogens (tertiary/aromatic N) is 1. The van der Waals surface area contributed by atoms with Crippen LogP contribution in [0.4, 0.5) is 5.69 Å². The van der Waals surface area contributed by atoms with Crippen LogP contribution in [0, 0.1) is 10.1 Å². The van der Waals surface area contributed by atoms with Crippen molar-refractivity contribution in [3.8, 4) is 0 Å². The summed E-state index contributed by atoms with van der Waals surface area (Å²) < 4.78 is 0.893. The molecule has 0 unspecified atom stereocenters. The normalized spacial score (nSPS) is 17.3. The van der Waals surface area contributed by atoms with E-state index in [0.29, 0.717) is 15.8 Å². The van der Waals surface area contributed by atoms with Gasteiger partial charge in [-0.1, -0.05) is 18.9 Å². The largest absolute Gasteiger partial charge is 0.311 e. The van der Waals surface area contributed by atoms with Gasteiger partial charge in [-0.15, -0.1) is 0 Å². The van der Waals surface area contributed by atoms with E-state index in [4.69, 9.17) is 0 Å². The lowest BCUT2D eigenvalue weighted by Crippen LogP contribution is -2.34. The maximum absolute atomic E-state index is 10.9. The quantitative estimate of drug-likeness (QED) is 0.613. The molecule has 0 aliphatic heterocycles. The Balaban J connectivity index is 1.94. The topological polar surface area (TPSA) is 55.2 Å². The minimum absolute atomic E-state index is 0.129. The van der Waals surface area contributed by atoms with Crippen LogP contribution < -0.4 is 5.32 Å². The Morgan fingerprint density at radius 1 is 1.45 bits per heavy atom. The van der Waals surface area contributed by atoms with Gasteiger partial charge in [0.2, 0.25) is 0 Å². The van der Waals surface area contributed by atoms with E-state index >= 15 is 0 Å². The molecule has 2 rings (SSSR count). The maximum Gasteiger partial charge on any atom is 0.283 e. The van der Waals surface area contributed by atoms with Crippen molar-refractivity contribution < 1.29 is 4.92 Å². The predicted molar refractivity (Wildman–Crippen MR) is 87.2 cm³/mol. The van der Waals surface area contributed by atoms with Crippen LogP contribution in [0.25, 0.3) is 0 Å². The summed E-state index contributed by atoms with van der Waals surface area (Å²) in [7, 11) is 0. The van der Waals surface area contributed by atoms with E-state index < -0.39 is 0 Å². The van der Waals surface area contributed by atoms with E-state index in [9.17, 15) is 10.1 Å². The van der Waals surface area contributed by atoms with Gasteiger partial charge in [0.25, 0.3) is 5.69 Å². The van der Waals surface area contributed by atoms with Gasteiger partial charge in [-0.3, -0.25) is 10.1 Å². The molecule has 0 saturated heterocycles. The molecule has 0 bridgehead atoms. The van der Waals surface area contributed by atoms with Gasteiger partial charge < -0.3 is 5.32 Å². The summed E-state index contributed by atoms with van der Waals surface area (Å²) in [5.41, 5.74) is 1.08. The van der Waals surface area contributed by atoms with Crippen molar-refractivity contribution in [1.82, 2.24) is 5.32 Å². The monoisotopic (exact) mass is 358 g/mol. The van der Waals surface area contributed by atoms with Crippen molar-refractivity contribution in [3.63, 3.8) is 0 Å². The second-order valence-electron chi connectivity index (χ2n) is 5.24. The maximum atomic E-state index is 10.9. The Hall–Kier alpha value is -0.590. The van der Waals surface area contributed by atoms with Crippen LogP contribution in [0.15, 0.2) is 22.7 Å². The molecule has 0 atom stereocenters. The van der Waals surface area contributed by atoms with Gasteiger partial charge in [0.15, 0.2) is 0 Å². The first-order valence-corrected chi connectivity index (χ1v) is 8.77. The van der Waals surface area contributed by atoms with Crippen molar-refractivity contribution in [2.24, 2.45) is 0 Å². The predicted octanol–water partition coefficient (Wildman–Crippen LogP) is 4.12. The number of halogens is 1. The number of thioether (sulfide) groups is 1. The van der Waals surface area contributed by atoms with Crippen LogP contribution in [0.5, 0.6) is 0 Å². The summed E-state index contributed by atoms with van der Waals surface area (Å²) in [5, 5.41) is 14.4. The van der Waals surface area contributed by atoms with Gasteiger partial charge in [0.1, 0.15) is 0 Å². The number of nitrogens with one attached hydrogen (secondary N) is 1. The lowest BCUT2D eigenvalue weighted by molar-refractivity contribution is -0.385. The first-order chi connectivity index (χ1) is 9.56. The third-order valence-corrected chi connectivity index (χ3v) is 6.02. The van der Waals surface area contributed by atoms with Crippen molar-refractivity contribution in [2.75, 3.05) is 12.8 Å². The second kappa shape index (κ2) is 6.91. The van der Waals surface area contributed by atoms with E-state index in [1.54, 1.807) is 12.1 Å². The zero-order chi connectivity index (χ0) is 14.6. The molecule has 4 nitrogen and oxygen atoms in total. The molecule has 20 heavy (non-hydrogen) atoms. The van der Waals surface area contributed by atoms with E-state index in [-0.39, 0.29) is 10.6 Å². The molecule has 1 saturated carbocycles. The molecule has 0 aromatic heterocycles. The molecule has 0 radical (unpaired) electrons. The summed E-state index contributed by atoms with van der Waals surface area (Å²) in [6.45, 7) is 1.65. The summed E-state index contributed by atoms with van der Waals surface area (Å²) in [6, 6.07) is 5.30. The Labute approximate surface area is 132 Å². The van der Waals surface area contributed by atoms with Gasteiger partial charge in [-0.25, -0.2) is 0 Å². The number of rotatable bonds is 6. The smallest absolute Gasteiger partial charge is 0.283 e. The molecule has 0 heterocycles. The van der Waals surface area contributed by atoms with E-state index in [1.807, 2.05) is 17.8 Å². The highest BCUT2D eigenvalue weighted by molar-refractivity contribution is 9.10. The molecule has 1 aromatic carbocycles. The Morgan fingerprint density at radius 3 is 2.75 bits per heavy atom. The van der Waals surface area contributed by atoms with Crippen LogP contribution in [-0.4, -0.2) is 22.5 Å². The minimum Gasteiger partial charge on any atom is -0.311 e. The van der Waals surface area contributed by atoms with Crippen LogP contribution in [0.1, 0.15) is 31.2 Å². The number of nitro groups is 1. The van der Waals surface area contributed by atoms with Gasteiger partial charge in [0.05, 0.1) is 9.40 Å². The Bertz CT molecular complexity index is 490. The molecule has 1 fully saturated rings. The molecule has 1 aromatic rings. The summed E-state index contributed by atoms with van der Waals surface area (Å²) in [6.07, 6.45) is 7.33. The summed E-state index contributed by atoms with van der Waals surface area (Å²) >= 11 is 5.15. The van der Waals surface area contributed by atoms with Crippen LogP contribution in [-0.2, 0) is 6.54 Å². The molecule has 0 spiro atoms. The van der Waals surface area contributed by atoms with Gasteiger partial charge in [0, 0.05) is 23.9 Å². The number of nitro benzene ring substituents is 1. The van der Waals surface area contributed by atoms with Crippen molar-refractivity contribution in [2.45, 2.75) is 37.0 Å². The standard InChI is InChI=1S/C14H19BrN2O2S/c1-20-14(6-2-3-7-14)10-16-9-11-4-5-12(15)13(8-11)17(18)19/h4-5,8,16H,2-3,6-7,9-10H2,1H3. The van der Waals surface area contributed by atoms with E-state index in [1.165, 1.54) is 25.7 Å². The van der Waals surface area contributed by atoms with Crippen LogP contribution in [0.3, 0.4) is 0 Å². The third-order valence-electron chi connectivity index (χ3n) is 3.93. The zero-order valence-electron chi connectivity index (χ0n) is 11.5. The summed E-state index contributed by atoms with van der Waals surface area (Å²) in [5.74, 6) is 0. The lowest BCUT2D eigenvalue weighted by atomic mass is 10.1. The van der Waals surface area contributed by atoms with Crippen molar-refractivity contribution in [3.05, 3.63) is 38.3 Å². The van der Waals surface area contributed by atoms with E-state index in [2.05, 4.69) is 27.5 Å². The van der Waals surface area contributed by atoms with Gasteiger partial charge >= 0.3 is 0 Å². The molecular formula is C14H19BrN2O2S. The molecule has 110 valence electrons. The number of hydrogen-bond donors (Lipinski definition) is 1. The fourth-order valence-electron chi connectivity index (χ4n) is 2.72. The highest BCUT2D eigenvalue weighted by Crippen LogP contribution is 2.39. The molecule has 6 heteroatoms. The first kappa shape index (κ1) is 15.8. The average Bonchev–Trinajstić information content (AvgIpc) is 2.90. The average molecular weight is 359 g/mol. The Kier molecular flexibility index (Phi) is 5.46. The van der Waals surface area contributed by atoms with Gasteiger partial charge in [-0.05, 0) is 46.7 Å². The molecular weight excluding hydrogens is 340 g/mol. The highest BCUT2D eigenvalue weighted by Gasteiger charge is 2.32. The summed E-state index contributed by atoms with van der Waals surface area (Å²) in [4.78, 5) is 10.6.